The van der Waals surface area contributed by atoms with Gasteiger partial charge in [-0.1, -0.05) is 32.1 Å². The molecule has 0 spiro atoms. The number of anilines is 2. The van der Waals surface area contributed by atoms with E-state index in [0.717, 1.165) is 36.7 Å². The molecule has 1 saturated heterocycles. The minimum atomic E-state index is -0.190. The second-order valence-electron chi connectivity index (χ2n) is 7.64. The van der Waals surface area contributed by atoms with Crippen molar-refractivity contribution in [1.29, 1.82) is 0 Å². The number of carbonyl (C=O) groups is 2. The van der Waals surface area contributed by atoms with Crippen molar-refractivity contribution < 1.29 is 9.59 Å². The van der Waals surface area contributed by atoms with Gasteiger partial charge in [0.1, 0.15) is 0 Å². The molecule has 6 heteroatoms. The van der Waals surface area contributed by atoms with E-state index in [2.05, 4.69) is 15.5 Å². The Morgan fingerprint density at radius 1 is 1.15 bits per heavy atom. The maximum Gasteiger partial charge on any atom is 0.256 e. The molecule has 2 heterocycles. The molecule has 1 aromatic heterocycles. The lowest BCUT2D eigenvalue weighted by Gasteiger charge is -2.20. The molecule has 2 fully saturated rings. The van der Waals surface area contributed by atoms with Crippen LogP contribution in [0, 0.1) is 5.92 Å². The van der Waals surface area contributed by atoms with Gasteiger partial charge < -0.3 is 10.2 Å². The summed E-state index contributed by atoms with van der Waals surface area (Å²) in [6.45, 7) is 0.751. The molecule has 0 bridgehead atoms. The Morgan fingerprint density at radius 2 is 1.93 bits per heavy atom. The van der Waals surface area contributed by atoms with Crippen LogP contribution >= 0.6 is 0 Å². The average molecular weight is 366 g/mol. The van der Waals surface area contributed by atoms with E-state index in [0.29, 0.717) is 17.8 Å². The molecular weight excluding hydrogens is 340 g/mol. The summed E-state index contributed by atoms with van der Waals surface area (Å²) in [7, 11) is 0. The number of amides is 2. The fraction of sp³-hybridized carbons (Fsp3) is 0.476. The van der Waals surface area contributed by atoms with Crippen LogP contribution < -0.4 is 10.2 Å². The Bertz CT molecular complexity index is 806. The number of aromatic amines is 1. The van der Waals surface area contributed by atoms with Crippen LogP contribution in [0.15, 0.2) is 30.3 Å². The Labute approximate surface area is 159 Å². The summed E-state index contributed by atoms with van der Waals surface area (Å²) in [5, 5.41) is 10.1. The third kappa shape index (κ3) is 4.21. The van der Waals surface area contributed by atoms with Gasteiger partial charge in [0.15, 0.2) is 5.82 Å². The van der Waals surface area contributed by atoms with Gasteiger partial charge in [0.05, 0.1) is 0 Å². The second kappa shape index (κ2) is 7.94. The number of benzene rings is 1. The smallest absolute Gasteiger partial charge is 0.256 e. The fourth-order valence-corrected chi connectivity index (χ4v) is 4.13. The van der Waals surface area contributed by atoms with Crippen LogP contribution in [0.2, 0.25) is 0 Å². The van der Waals surface area contributed by atoms with Gasteiger partial charge in [0, 0.05) is 36.0 Å². The molecule has 0 unspecified atom stereocenters. The van der Waals surface area contributed by atoms with E-state index in [1.54, 1.807) is 17.0 Å². The number of hydrogen-bond acceptors (Lipinski definition) is 3. The first-order valence-electron chi connectivity index (χ1n) is 9.95. The first-order chi connectivity index (χ1) is 13.2. The summed E-state index contributed by atoms with van der Waals surface area (Å²) in [5.74, 6) is 1.24. The van der Waals surface area contributed by atoms with Crippen LogP contribution in [-0.4, -0.2) is 28.6 Å². The van der Waals surface area contributed by atoms with Crippen molar-refractivity contribution in [3.63, 3.8) is 0 Å². The van der Waals surface area contributed by atoms with Gasteiger partial charge in [-0.05, 0) is 43.0 Å². The Morgan fingerprint density at radius 3 is 2.63 bits per heavy atom. The van der Waals surface area contributed by atoms with Crippen molar-refractivity contribution in [2.45, 2.75) is 51.4 Å². The quantitative estimate of drug-likeness (QED) is 0.842. The molecule has 1 aromatic carbocycles. The average Bonchev–Trinajstić information content (AvgIpc) is 3.31. The van der Waals surface area contributed by atoms with Crippen LogP contribution in [0.3, 0.4) is 0 Å². The number of aromatic nitrogens is 2. The van der Waals surface area contributed by atoms with E-state index in [1.807, 2.05) is 18.2 Å². The van der Waals surface area contributed by atoms with E-state index in [4.69, 9.17) is 0 Å². The van der Waals surface area contributed by atoms with Crippen molar-refractivity contribution in [3.05, 3.63) is 41.6 Å². The standard InChI is InChI=1S/C21H26N4O2/c26-20-7-4-12-25(20)18-10-8-16(9-11-18)21(27)22-19-14-17(23-24-19)13-15-5-2-1-3-6-15/h8-11,14-15H,1-7,12-13H2,(H2,22,23,24,27). The monoisotopic (exact) mass is 366 g/mol. The van der Waals surface area contributed by atoms with Crippen LogP contribution in [0.1, 0.15) is 61.0 Å². The van der Waals surface area contributed by atoms with Gasteiger partial charge in [-0.2, -0.15) is 5.10 Å². The lowest BCUT2D eigenvalue weighted by atomic mass is 9.86. The largest absolute Gasteiger partial charge is 0.312 e. The fourth-order valence-electron chi connectivity index (χ4n) is 4.13. The van der Waals surface area contributed by atoms with Crippen LogP contribution in [-0.2, 0) is 11.2 Å². The van der Waals surface area contributed by atoms with Gasteiger partial charge in [-0.3, -0.25) is 14.7 Å². The summed E-state index contributed by atoms with van der Waals surface area (Å²) in [6, 6.07) is 9.11. The molecule has 1 aliphatic heterocycles. The topological polar surface area (TPSA) is 78.1 Å². The molecule has 1 aliphatic carbocycles. The number of nitrogens with one attached hydrogen (secondary N) is 2. The molecule has 2 N–H and O–H groups in total. The predicted octanol–water partition coefficient (Wildman–Crippen LogP) is 3.91. The van der Waals surface area contributed by atoms with Crippen molar-refractivity contribution >= 4 is 23.3 Å². The van der Waals surface area contributed by atoms with Crippen molar-refractivity contribution in [1.82, 2.24) is 10.2 Å². The van der Waals surface area contributed by atoms with E-state index >= 15 is 0 Å². The molecule has 27 heavy (non-hydrogen) atoms. The van der Waals surface area contributed by atoms with Crippen molar-refractivity contribution in [2.75, 3.05) is 16.8 Å². The first kappa shape index (κ1) is 17.8. The van der Waals surface area contributed by atoms with Gasteiger partial charge >= 0.3 is 0 Å². The predicted molar refractivity (Wildman–Crippen MR) is 105 cm³/mol. The normalized spacial score (nSPS) is 18.1. The highest BCUT2D eigenvalue weighted by Gasteiger charge is 2.22. The minimum absolute atomic E-state index is 0.147. The van der Waals surface area contributed by atoms with E-state index in [9.17, 15) is 9.59 Å². The van der Waals surface area contributed by atoms with E-state index in [-0.39, 0.29) is 11.8 Å². The third-order valence-electron chi connectivity index (χ3n) is 5.62. The van der Waals surface area contributed by atoms with Crippen molar-refractivity contribution in [3.8, 4) is 0 Å². The maximum absolute atomic E-state index is 12.5. The zero-order chi connectivity index (χ0) is 18.6. The number of hydrogen-bond donors (Lipinski definition) is 2. The molecule has 2 aromatic rings. The summed E-state index contributed by atoms with van der Waals surface area (Å²) in [5.41, 5.74) is 2.49. The molecule has 2 amide bonds. The summed E-state index contributed by atoms with van der Waals surface area (Å²) in [6.07, 6.45) is 9.06. The first-order valence-corrected chi connectivity index (χ1v) is 9.95. The zero-order valence-electron chi connectivity index (χ0n) is 15.5. The summed E-state index contributed by atoms with van der Waals surface area (Å²) >= 11 is 0. The molecule has 1 saturated carbocycles. The van der Waals surface area contributed by atoms with Gasteiger partial charge in [0.25, 0.3) is 5.91 Å². The number of nitrogens with zero attached hydrogens (tertiary/aromatic N) is 2. The minimum Gasteiger partial charge on any atom is -0.312 e. The van der Waals surface area contributed by atoms with Gasteiger partial charge in [0.2, 0.25) is 5.91 Å². The Kier molecular flexibility index (Phi) is 5.23. The summed E-state index contributed by atoms with van der Waals surface area (Å²) < 4.78 is 0. The number of rotatable bonds is 5. The molecule has 6 nitrogen and oxygen atoms in total. The van der Waals surface area contributed by atoms with Crippen LogP contribution in [0.5, 0.6) is 0 Å². The Balaban J connectivity index is 1.35. The van der Waals surface area contributed by atoms with Gasteiger partial charge in [-0.15, -0.1) is 0 Å². The van der Waals surface area contributed by atoms with E-state index in [1.165, 1.54) is 32.1 Å². The van der Waals surface area contributed by atoms with Crippen LogP contribution in [0.25, 0.3) is 0 Å². The van der Waals surface area contributed by atoms with E-state index < -0.39 is 0 Å². The zero-order valence-corrected chi connectivity index (χ0v) is 15.5. The Hall–Kier alpha value is -2.63. The molecular formula is C21H26N4O2. The maximum atomic E-state index is 12.5. The molecule has 0 atom stereocenters. The number of H-pyrrole nitrogens is 1. The summed E-state index contributed by atoms with van der Waals surface area (Å²) in [4.78, 5) is 26.1. The SMILES string of the molecule is O=C(Nc1cc(CC2CCCCC2)[nH]n1)c1ccc(N2CCCC2=O)cc1. The highest BCUT2D eigenvalue weighted by molar-refractivity contribution is 6.04. The molecule has 142 valence electrons. The highest BCUT2D eigenvalue weighted by atomic mass is 16.2. The molecule has 0 radical (unpaired) electrons. The molecule has 2 aliphatic rings. The van der Waals surface area contributed by atoms with Gasteiger partial charge in [-0.25, -0.2) is 0 Å². The number of carbonyl (C=O) groups excluding carboxylic acids is 2. The molecule has 4 rings (SSSR count). The van der Waals surface area contributed by atoms with Crippen LogP contribution in [0.4, 0.5) is 11.5 Å². The second-order valence-corrected chi connectivity index (χ2v) is 7.64. The third-order valence-corrected chi connectivity index (χ3v) is 5.62. The lowest BCUT2D eigenvalue weighted by molar-refractivity contribution is -0.117. The van der Waals surface area contributed by atoms with Crippen molar-refractivity contribution in [2.24, 2.45) is 5.92 Å². The highest BCUT2D eigenvalue weighted by Crippen LogP contribution is 2.27. The lowest BCUT2D eigenvalue weighted by Crippen LogP contribution is -2.23.